The highest BCUT2D eigenvalue weighted by Gasteiger charge is 2.29. The minimum Gasteiger partial charge on any atom is -0.318 e. The van der Waals surface area contributed by atoms with E-state index >= 15 is 0 Å². The number of hydrazone groups is 1. The van der Waals surface area contributed by atoms with Gasteiger partial charge in [-0.25, -0.2) is 0 Å². The molecular weight excluding hydrogens is 292 g/mol. The Morgan fingerprint density at radius 1 is 1.17 bits per heavy atom. The predicted octanol–water partition coefficient (Wildman–Crippen LogP) is 1.73. The summed E-state index contributed by atoms with van der Waals surface area (Å²) in [5, 5.41) is 33.5. The van der Waals surface area contributed by atoms with Crippen LogP contribution in [0.2, 0.25) is 0 Å². The highest BCUT2D eigenvalue weighted by Crippen LogP contribution is 2.21. The molecular formula is C16H10N6O. The third-order valence-corrected chi connectivity index (χ3v) is 3.09. The zero-order valence-electron chi connectivity index (χ0n) is 12.1. The highest BCUT2D eigenvalue weighted by molar-refractivity contribution is 6.47. The number of amides is 1. The van der Waals surface area contributed by atoms with Crippen LogP contribution in [0, 0.1) is 34.0 Å². The van der Waals surface area contributed by atoms with Gasteiger partial charge in [0.2, 0.25) is 0 Å². The summed E-state index contributed by atoms with van der Waals surface area (Å²) in [6, 6.07) is 14.2. The van der Waals surface area contributed by atoms with Gasteiger partial charge in [-0.3, -0.25) is 10.2 Å². The number of allylic oxidation sites excluding steroid dienone is 2. The first-order valence-corrected chi connectivity index (χ1v) is 6.48. The molecule has 1 aliphatic rings. The van der Waals surface area contributed by atoms with E-state index in [1.807, 2.05) is 12.1 Å². The Labute approximate surface area is 132 Å². The van der Waals surface area contributed by atoms with E-state index in [2.05, 4.69) is 15.8 Å². The van der Waals surface area contributed by atoms with Crippen molar-refractivity contribution in [3.63, 3.8) is 0 Å². The number of carbonyl (C=O) groups excluding carboxylic acids is 1. The van der Waals surface area contributed by atoms with Gasteiger partial charge in [0.25, 0.3) is 5.91 Å². The Kier molecular flexibility index (Phi) is 4.52. The Hall–Kier alpha value is -3.89. The second kappa shape index (κ2) is 6.71. The number of carbonyl (C=O) groups is 1. The Morgan fingerprint density at radius 3 is 2.39 bits per heavy atom. The van der Waals surface area contributed by atoms with Gasteiger partial charge in [-0.15, -0.1) is 0 Å². The normalized spacial score (nSPS) is 15.3. The summed E-state index contributed by atoms with van der Waals surface area (Å²) in [6.07, 6.45) is 0. The second-order valence-electron chi connectivity index (χ2n) is 4.48. The first kappa shape index (κ1) is 15.5. The summed E-state index contributed by atoms with van der Waals surface area (Å²) in [6.45, 7) is 1.54. The average Bonchev–Trinajstić information content (AvgIpc) is 2.57. The lowest BCUT2D eigenvalue weighted by Crippen LogP contribution is -2.38. The van der Waals surface area contributed by atoms with Gasteiger partial charge in [-0.1, -0.05) is 18.2 Å². The molecule has 0 saturated carbocycles. The van der Waals surface area contributed by atoms with Gasteiger partial charge in [-0.2, -0.15) is 20.9 Å². The number of rotatable bonds is 2. The number of hydrogen-bond acceptors (Lipinski definition) is 6. The molecule has 1 aromatic rings. The molecule has 1 aromatic carbocycles. The lowest BCUT2D eigenvalue weighted by molar-refractivity contribution is -0.114. The molecule has 0 bridgehead atoms. The van der Waals surface area contributed by atoms with Crippen molar-refractivity contribution in [1.82, 2.24) is 5.32 Å². The summed E-state index contributed by atoms with van der Waals surface area (Å²) in [4.78, 5) is 12.2. The van der Waals surface area contributed by atoms with Gasteiger partial charge in [-0.05, 0) is 19.1 Å². The molecule has 0 radical (unpaired) electrons. The summed E-state index contributed by atoms with van der Waals surface area (Å²) in [5.41, 5.74) is 3.34. The largest absolute Gasteiger partial charge is 0.318 e. The lowest BCUT2D eigenvalue weighted by atomic mass is 9.96. The van der Waals surface area contributed by atoms with Crippen molar-refractivity contribution in [3.8, 4) is 18.2 Å². The maximum atomic E-state index is 12.2. The van der Waals surface area contributed by atoms with Crippen LogP contribution >= 0.6 is 0 Å². The van der Waals surface area contributed by atoms with Gasteiger partial charge >= 0.3 is 0 Å². The highest BCUT2D eigenvalue weighted by atomic mass is 16.2. The Balaban J connectivity index is 2.49. The number of nitriles is 3. The molecule has 110 valence electrons. The van der Waals surface area contributed by atoms with Crippen molar-refractivity contribution < 1.29 is 4.79 Å². The number of anilines is 1. The zero-order valence-corrected chi connectivity index (χ0v) is 12.1. The first-order chi connectivity index (χ1) is 11.1. The molecule has 2 N–H and O–H groups in total. The van der Waals surface area contributed by atoms with Crippen LogP contribution in [0.3, 0.4) is 0 Å². The quantitative estimate of drug-likeness (QED) is 0.635. The zero-order chi connectivity index (χ0) is 16.8. The van der Waals surface area contributed by atoms with E-state index in [-0.39, 0.29) is 28.1 Å². The van der Waals surface area contributed by atoms with E-state index in [0.717, 1.165) is 0 Å². The van der Waals surface area contributed by atoms with Crippen LogP contribution in [0.4, 0.5) is 5.69 Å². The fourth-order valence-corrected chi connectivity index (χ4v) is 1.94. The molecule has 23 heavy (non-hydrogen) atoms. The number of hydrogen-bond donors (Lipinski definition) is 2. The van der Waals surface area contributed by atoms with Gasteiger partial charge in [0.05, 0.1) is 17.0 Å². The standard InChI is InChI=1S/C16H10N6O/c1-10-13(9-19)15(11(7-17)8-18)20-16(23)14(10)22-21-12-5-3-2-4-6-12/h2-6,21H,1H3,(H,20,23)/b22-14-. The number of nitrogens with one attached hydrogen (secondary N) is 2. The monoisotopic (exact) mass is 302 g/mol. The van der Waals surface area contributed by atoms with Crippen LogP contribution in [-0.2, 0) is 4.79 Å². The molecule has 7 nitrogen and oxygen atoms in total. The third kappa shape index (κ3) is 3.07. The molecule has 0 fully saturated rings. The minimum atomic E-state index is -0.595. The van der Waals surface area contributed by atoms with Crippen LogP contribution in [0.1, 0.15) is 6.92 Å². The maximum Gasteiger partial charge on any atom is 0.276 e. The second-order valence-corrected chi connectivity index (χ2v) is 4.48. The fraction of sp³-hybridized carbons (Fsp3) is 0.0625. The Bertz CT molecular complexity index is 856. The molecule has 7 heteroatoms. The van der Waals surface area contributed by atoms with E-state index in [1.54, 1.807) is 36.4 Å². The fourth-order valence-electron chi connectivity index (χ4n) is 1.94. The molecule has 1 amide bonds. The van der Waals surface area contributed by atoms with Crippen molar-refractivity contribution in [1.29, 1.82) is 15.8 Å². The number of benzene rings is 1. The molecule has 0 spiro atoms. The van der Waals surface area contributed by atoms with Crippen molar-refractivity contribution >= 4 is 17.3 Å². The maximum absolute atomic E-state index is 12.2. The smallest absolute Gasteiger partial charge is 0.276 e. The first-order valence-electron chi connectivity index (χ1n) is 6.48. The summed E-state index contributed by atoms with van der Waals surface area (Å²) in [5.74, 6) is -0.595. The summed E-state index contributed by atoms with van der Waals surface area (Å²) in [7, 11) is 0. The van der Waals surface area contributed by atoms with E-state index < -0.39 is 5.91 Å². The van der Waals surface area contributed by atoms with Crippen molar-refractivity contribution in [2.45, 2.75) is 6.92 Å². The number of nitrogens with zero attached hydrogens (tertiary/aromatic N) is 4. The van der Waals surface area contributed by atoms with E-state index in [9.17, 15) is 10.1 Å². The van der Waals surface area contributed by atoms with Gasteiger partial charge < -0.3 is 5.32 Å². The van der Waals surface area contributed by atoms with E-state index in [0.29, 0.717) is 5.69 Å². The van der Waals surface area contributed by atoms with Crippen LogP contribution in [0.25, 0.3) is 0 Å². The molecule has 0 atom stereocenters. The van der Waals surface area contributed by atoms with E-state index in [1.165, 1.54) is 6.92 Å². The average molecular weight is 302 g/mol. The van der Waals surface area contributed by atoms with Crippen molar-refractivity contribution in [2.75, 3.05) is 5.43 Å². The van der Waals surface area contributed by atoms with Crippen LogP contribution in [0.15, 0.2) is 57.8 Å². The van der Waals surface area contributed by atoms with E-state index in [4.69, 9.17) is 10.5 Å². The lowest BCUT2D eigenvalue weighted by Gasteiger charge is -2.19. The summed E-state index contributed by atoms with van der Waals surface area (Å²) < 4.78 is 0. The molecule has 1 aliphatic heterocycles. The van der Waals surface area contributed by atoms with Crippen LogP contribution in [-0.4, -0.2) is 11.6 Å². The van der Waals surface area contributed by atoms with Crippen LogP contribution < -0.4 is 10.7 Å². The molecule has 2 rings (SSSR count). The molecule has 1 heterocycles. The van der Waals surface area contributed by atoms with Gasteiger partial charge in [0.15, 0.2) is 11.3 Å². The number of para-hydroxylation sites is 1. The Morgan fingerprint density at radius 2 is 1.83 bits per heavy atom. The molecule has 0 aromatic heterocycles. The predicted molar refractivity (Wildman–Crippen MR) is 82.2 cm³/mol. The molecule has 0 aliphatic carbocycles. The molecule has 0 saturated heterocycles. The molecule has 0 unspecified atom stereocenters. The third-order valence-electron chi connectivity index (χ3n) is 3.09. The summed E-state index contributed by atoms with van der Waals surface area (Å²) >= 11 is 0. The van der Waals surface area contributed by atoms with Crippen molar-refractivity contribution in [2.24, 2.45) is 5.10 Å². The SMILES string of the molecule is CC1=C(C#N)C(=C(C#N)C#N)NC(=O)/C1=N\Nc1ccccc1. The van der Waals surface area contributed by atoms with Crippen molar-refractivity contribution in [3.05, 3.63) is 52.7 Å². The van der Waals surface area contributed by atoms with Gasteiger partial charge in [0.1, 0.15) is 18.2 Å². The minimum absolute atomic E-state index is 0.0179. The van der Waals surface area contributed by atoms with Crippen LogP contribution in [0.5, 0.6) is 0 Å². The topological polar surface area (TPSA) is 125 Å². The van der Waals surface area contributed by atoms with Gasteiger partial charge in [0, 0.05) is 5.57 Å².